The summed E-state index contributed by atoms with van der Waals surface area (Å²) in [5.41, 5.74) is 3.53. The van der Waals surface area contributed by atoms with Gasteiger partial charge in [-0.1, -0.05) is 53.7 Å². The Hall–Kier alpha value is -5.57. The van der Waals surface area contributed by atoms with Crippen molar-refractivity contribution in [3.8, 4) is 11.1 Å². The molecule has 0 saturated carbocycles. The van der Waals surface area contributed by atoms with Crippen LogP contribution < -0.4 is 5.32 Å². The van der Waals surface area contributed by atoms with Crippen LogP contribution in [0.4, 0.5) is 0 Å². The third-order valence-corrected chi connectivity index (χ3v) is 6.88. The first-order valence-corrected chi connectivity index (χ1v) is 12.5. The molecule has 0 saturated heterocycles. The monoisotopic (exact) mass is 530 g/mol. The number of carboxylic acid groups (broad SMARTS) is 1. The summed E-state index contributed by atoms with van der Waals surface area (Å²) in [6.07, 6.45) is 6.17. The highest BCUT2D eigenvalue weighted by molar-refractivity contribution is 6.17. The number of carboxylic acids is 1. The van der Waals surface area contributed by atoms with Crippen LogP contribution in [0.3, 0.4) is 0 Å². The second-order valence-electron chi connectivity index (χ2n) is 9.42. The topological polar surface area (TPSA) is 127 Å². The molecule has 6 rings (SSSR count). The number of aromatic nitrogens is 3. The predicted octanol–water partition coefficient (Wildman–Crippen LogP) is 5.56. The number of nitrogens with one attached hydrogen (secondary N) is 1. The van der Waals surface area contributed by atoms with E-state index >= 15 is 0 Å². The van der Waals surface area contributed by atoms with Crippen LogP contribution in [0.1, 0.15) is 55.2 Å². The van der Waals surface area contributed by atoms with Gasteiger partial charge in [0.1, 0.15) is 6.26 Å². The minimum Gasteiger partial charge on any atom is -0.478 e. The number of aromatic carboxylic acids is 1. The Labute approximate surface area is 227 Å². The minimum atomic E-state index is -1.03. The summed E-state index contributed by atoms with van der Waals surface area (Å²) < 4.78 is 6.50. The molecule has 0 aliphatic rings. The molecule has 3 heterocycles. The van der Waals surface area contributed by atoms with E-state index in [4.69, 9.17) is 4.52 Å². The molecule has 9 nitrogen and oxygen atoms in total. The quantitative estimate of drug-likeness (QED) is 0.259. The number of rotatable bonds is 7. The Morgan fingerprint density at radius 2 is 1.62 bits per heavy atom. The van der Waals surface area contributed by atoms with E-state index in [-0.39, 0.29) is 22.5 Å². The van der Waals surface area contributed by atoms with E-state index in [1.54, 1.807) is 37.4 Å². The predicted molar refractivity (Wildman–Crippen MR) is 147 cm³/mol. The molecule has 2 N–H and O–H groups in total. The van der Waals surface area contributed by atoms with Gasteiger partial charge in [-0.25, -0.2) is 9.31 Å². The molecule has 0 aliphatic carbocycles. The van der Waals surface area contributed by atoms with E-state index in [9.17, 15) is 19.5 Å². The molecule has 0 unspecified atom stereocenters. The van der Waals surface area contributed by atoms with E-state index in [1.807, 2.05) is 36.4 Å². The van der Waals surface area contributed by atoms with Crippen LogP contribution in [0.15, 0.2) is 102 Å². The summed E-state index contributed by atoms with van der Waals surface area (Å²) >= 11 is 0. The van der Waals surface area contributed by atoms with E-state index in [2.05, 4.69) is 15.6 Å². The summed E-state index contributed by atoms with van der Waals surface area (Å²) in [5, 5.41) is 22.3. The number of ketones is 1. The largest absolute Gasteiger partial charge is 0.478 e. The molecule has 3 aromatic carbocycles. The first kappa shape index (κ1) is 24.7. The Balaban J connectivity index is 1.41. The zero-order valence-electron chi connectivity index (χ0n) is 21.2. The molecule has 0 spiro atoms. The van der Waals surface area contributed by atoms with Crippen LogP contribution in [-0.4, -0.2) is 37.5 Å². The zero-order valence-corrected chi connectivity index (χ0v) is 21.2. The van der Waals surface area contributed by atoms with Gasteiger partial charge in [0, 0.05) is 22.9 Å². The van der Waals surface area contributed by atoms with E-state index in [0.717, 1.165) is 16.3 Å². The van der Waals surface area contributed by atoms with E-state index in [1.165, 1.54) is 35.3 Å². The maximum atomic E-state index is 13.7. The van der Waals surface area contributed by atoms with Crippen molar-refractivity contribution in [2.45, 2.75) is 13.0 Å². The number of amides is 1. The maximum Gasteiger partial charge on any atom is 0.335 e. The number of carbonyl (C=O) groups is 3. The molecular weight excluding hydrogens is 508 g/mol. The summed E-state index contributed by atoms with van der Waals surface area (Å²) in [4.78, 5) is 38.7. The van der Waals surface area contributed by atoms with Gasteiger partial charge in [0.2, 0.25) is 0 Å². The lowest BCUT2D eigenvalue weighted by atomic mass is 9.98. The molecule has 196 valence electrons. The van der Waals surface area contributed by atoms with Crippen molar-refractivity contribution < 1.29 is 24.0 Å². The van der Waals surface area contributed by atoms with Gasteiger partial charge >= 0.3 is 5.97 Å². The molecular formula is C31H22N4O5. The van der Waals surface area contributed by atoms with Gasteiger partial charge in [-0.15, -0.1) is 0 Å². The van der Waals surface area contributed by atoms with Crippen LogP contribution in [-0.2, 0) is 0 Å². The highest BCUT2D eigenvalue weighted by Crippen LogP contribution is 2.28. The van der Waals surface area contributed by atoms with Gasteiger partial charge < -0.3 is 14.9 Å². The van der Waals surface area contributed by atoms with Gasteiger partial charge in [0.25, 0.3) is 5.91 Å². The first-order valence-electron chi connectivity index (χ1n) is 12.5. The third kappa shape index (κ3) is 4.49. The van der Waals surface area contributed by atoms with Crippen LogP contribution in [0.5, 0.6) is 0 Å². The summed E-state index contributed by atoms with van der Waals surface area (Å²) in [5.74, 6) is -1.71. The fourth-order valence-electron chi connectivity index (χ4n) is 4.72. The average molecular weight is 531 g/mol. The number of fused-ring (bicyclic) bond motifs is 2. The van der Waals surface area contributed by atoms with Crippen molar-refractivity contribution in [2.75, 3.05) is 0 Å². The highest BCUT2D eigenvalue weighted by atomic mass is 16.5. The Kier molecular flexibility index (Phi) is 6.16. The maximum absolute atomic E-state index is 13.7. The molecule has 0 bridgehead atoms. The highest BCUT2D eigenvalue weighted by Gasteiger charge is 2.24. The van der Waals surface area contributed by atoms with Crippen LogP contribution in [0.2, 0.25) is 0 Å². The van der Waals surface area contributed by atoms with Crippen LogP contribution in [0.25, 0.3) is 27.4 Å². The lowest BCUT2D eigenvalue weighted by molar-refractivity contribution is 0.0696. The normalized spacial score (nSPS) is 11.9. The molecule has 3 aromatic heterocycles. The third-order valence-electron chi connectivity index (χ3n) is 6.88. The summed E-state index contributed by atoms with van der Waals surface area (Å²) in [6.45, 7) is 1.80. The van der Waals surface area contributed by atoms with Crippen molar-refractivity contribution in [3.05, 3.63) is 125 Å². The molecule has 40 heavy (non-hydrogen) atoms. The van der Waals surface area contributed by atoms with Crippen LogP contribution >= 0.6 is 0 Å². The van der Waals surface area contributed by atoms with E-state index in [0.29, 0.717) is 22.2 Å². The fraction of sp³-hybridized carbons (Fsp3) is 0.0645. The van der Waals surface area contributed by atoms with Crippen molar-refractivity contribution in [1.82, 2.24) is 20.1 Å². The van der Waals surface area contributed by atoms with Crippen molar-refractivity contribution in [1.29, 1.82) is 0 Å². The SMILES string of the molecule is C[C@H](NC(=O)c1cc(-c2cnoc2)cn2ncc(C(=O)c3ccc4ccccc4c3)c12)c1ccc(C(=O)O)cc1. The van der Waals surface area contributed by atoms with Crippen molar-refractivity contribution in [3.63, 3.8) is 0 Å². The average Bonchev–Trinajstić information content (AvgIpc) is 3.67. The van der Waals surface area contributed by atoms with Gasteiger partial charge in [-0.2, -0.15) is 5.10 Å². The second-order valence-corrected chi connectivity index (χ2v) is 9.42. The molecule has 0 fully saturated rings. The minimum absolute atomic E-state index is 0.154. The van der Waals surface area contributed by atoms with Crippen LogP contribution in [0, 0.1) is 0 Å². The molecule has 0 aliphatic heterocycles. The Morgan fingerprint density at radius 1 is 0.875 bits per heavy atom. The second kappa shape index (κ2) is 9.95. The van der Waals surface area contributed by atoms with E-state index < -0.39 is 17.9 Å². The van der Waals surface area contributed by atoms with Gasteiger partial charge in [0.15, 0.2) is 5.78 Å². The number of nitrogens with zero attached hydrogens (tertiary/aromatic N) is 3. The molecule has 1 amide bonds. The lowest BCUT2D eigenvalue weighted by Gasteiger charge is -2.16. The number of hydrogen-bond acceptors (Lipinski definition) is 6. The molecule has 0 radical (unpaired) electrons. The summed E-state index contributed by atoms with van der Waals surface area (Å²) in [6, 6.07) is 20.8. The Bertz CT molecular complexity index is 1910. The number of hydrogen-bond donors (Lipinski definition) is 2. The number of pyridine rings is 1. The fourth-order valence-corrected chi connectivity index (χ4v) is 4.72. The standard InChI is InChI=1S/C31H22N4O5/c1-18(19-6-9-21(10-7-19)31(38)39)34-30(37)26-13-24(25-14-33-40-17-25)16-35-28(26)27(15-32-35)29(36)23-11-8-20-4-2-3-5-22(20)12-23/h2-18H,1H3,(H,34,37)(H,38,39)/t18-/m0/s1. The van der Waals surface area contributed by atoms with Crippen molar-refractivity contribution in [2.24, 2.45) is 0 Å². The van der Waals surface area contributed by atoms with Gasteiger partial charge in [-0.3, -0.25) is 9.59 Å². The van der Waals surface area contributed by atoms with Gasteiger partial charge in [-0.05, 0) is 47.5 Å². The zero-order chi connectivity index (χ0) is 27.8. The number of benzene rings is 3. The Morgan fingerprint density at radius 3 is 2.35 bits per heavy atom. The molecule has 9 heteroatoms. The lowest BCUT2D eigenvalue weighted by Crippen LogP contribution is -2.27. The summed E-state index contributed by atoms with van der Waals surface area (Å²) in [7, 11) is 0. The smallest absolute Gasteiger partial charge is 0.335 e. The number of carbonyl (C=O) groups excluding carboxylic acids is 2. The molecule has 1 atom stereocenters. The molecule has 6 aromatic rings. The first-order chi connectivity index (χ1) is 19.4. The van der Waals surface area contributed by atoms with Gasteiger partial charge in [0.05, 0.1) is 40.6 Å². The van der Waals surface area contributed by atoms with Crippen molar-refractivity contribution >= 4 is 33.9 Å².